The van der Waals surface area contributed by atoms with Crippen molar-refractivity contribution in [1.29, 1.82) is 0 Å². The van der Waals surface area contributed by atoms with Gasteiger partial charge in [0.15, 0.2) is 0 Å². The molecule has 0 bridgehead atoms. The summed E-state index contributed by atoms with van der Waals surface area (Å²) in [6.07, 6.45) is -4.56. The molecule has 0 radical (unpaired) electrons. The lowest BCUT2D eigenvalue weighted by Crippen LogP contribution is -2.41. The van der Waals surface area contributed by atoms with Gasteiger partial charge in [0.25, 0.3) is 0 Å². The van der Waals surface area contributed by atoms with Gasteiger partial charge in [0.2, 0.25) is 5.91 Å². The van der Waals surface area contributed by atoms with E-state index < -0.39 is 23.6 Å². The zero-order valence-electron chi connectivity index (χ0n) is 12.1. The van der Waals surface area contributed by atoms with Crippen LogP contribution in [0.4, 0.5) is 23.2 Å². The lowest BCUT2D eigenvalue weighted by Gasteiger charge is -2.24. The quantitative estimate of drug-likeness (QED) is 0.844. The summed E-state index contributed by atoms with van der Waals surface area (Å²) in [6.45, 7) is 6.02. The number of likely N-dealkylation sites (N-methyl/N-ethyl adjacent to an activating group) is 1. The molecule has 0 aliphatic rings. The normalized spacial score (nSPS) is 12.9. The SMILES string of the molecule is CCN(CC)C(=O)C(C)Nc1cc(C(F)(F)F)ccc1F. The third-order valence-electron chi connectivity index (χ3n) is 3.11. The molecule has 0 saturated heterocycles. The van der Waals surface area contributed by atoms with Crippen LogP contribution in [0.15, 0.2) is 18.2 Å². The molecule has 1 aromatic carbocycles. The molecule has 0 aromatic heterocycles. The number of halogens is 4. The summed E-state index contributed by atoms with van der Waals surface area (Å²) in [5, 5.41) is 2.51. The maximum absolute atomic E-state index is 13.6. The van der Waals surface area contributed by atoms with E-state index >= 15 is 0 Å². The van der Waals surface area contributed by atoms with Crippen molar-refractivity contribution in [3.05, 3.63) is 29.6 Å². The van der Waals surface area contributed by atoms with Crippen LogP contribution in [-0.2, 0) is 11.0 Å². The minimum atomic E-state index is -4.56. The van der Waals surface area contributed by atoms with Gasteiger partial charge in [0, 0.05) is 13.1 Å². The standard InChI is InChI=1S/C14H18F4N2O/c1-4-20(5-2)13(21)9(3)19-12-8-10(14(16,17)18)6-7-11(12)15/h6-9,19H,4-5H2,1-3H3. The van der Waals surface area contributed by atoms with E-state index in [2.05, 4.69) is 5.32 Å². The second-order valence-corrected chi connectivity index (χ2v) is 4.57. The van der Waals surface area contributed by atoms with E-state index in [1.54, 1.807) is 13.8 Å². The summed E-state index contributed by atoms with van der Waals surface area (Å²) in [5.41, 5.74) is -1.30. The first-order valence-corrected chi connectivity index (χ1v) is 6.62. The zero-order chi connectivity index (χ0) is 16.2. The first-order valence-electron chi connectivity index (χ1n) is 6.62. The van der Waals surface area contributed by atoms with Crippen LogP contribution in [0.1, 0.15) is 26.3 Å². The summed E-state index contributed by atoms with van der Waals surface area (Å²) in [7, 11) is 0. The number of carbonyl (C=O) groups is 1. The van der Waals surface area contributed by atoms with Crippen molar-refractivity contribution in [3.8, 4) is 0 Å². The summed E-state index contributed by atoms with van der Waals surface area (Å²) in [6, 6.07) is 1.25. The molecule has 0 heterocycles. The van der Waals surface area contributed by atoms with Crippen molar-refractivity contribution in [2.75, 3.05) is 18.4 Å². The van der Waals surface area contributed by atoms with Crippen molar-refractivity contribution in [2.45, 2.75) is 33.0 Å². The Hall–Kier alpha value is -1.79. The van der Waals surface area contributed by atoms with Crippen LogP contribution in [0.5, 0.6) is 0 Å². The van der Waals surface area contributed by atoms with Crippen LogP contribution in [-0.4, -0.2) is 29.9 Å². The van der Waals surface area contributed by atoms with Gasteiger partial charge in [0.1, 0.15) is 11.9 Å². The van der Waals surface area contributed by atoms with Gasteiger partial charge in [-0.05, 0) is 39.0 Å². The van der Waals surface area contributed by atoms with Gasteiger partial charge >= 0.3 is 6.18 Å². The monoisotopic (exact) mass is 306 g/mol. The summed E-state index contributed by atoms with van der Waals surface area (Å²) in [5.74, 6) is -1.13. The molecule has 21 heavy (non-hydrogen) atoms. The number of nitrogens with zero attached hydrogens (tertiary/aromatic N) is 1. The molecule has 1 atom stereocenters. The average molecular weight is 306 g/mol. The number of anilines is 1. The second kappa shape index (κ2) is 6.78. The van der Waals surface area contributed by atoms with Gasteiger partial charge in [0.05, 0.1) is 11.3 Å². The fraction of sp³-hybridized carbons (Fsp3) is 0.500. The molecule has 1 amide bonds. The van der Waals surface area contributed by atoms with Gasteiger partial charge in [-0.2, -0.15) is 13.2 Å². The fourth-order valence-corrected chi connectivity index (χ4v) is 1.92. The average Bonchev–Trinajstić information content (AvgIpc) is 2.41. The molecule has 0 aliphatic heterocycles. The molecular weight excluding hydrogens is 288 g/mol. The van der Waals surface area contributed by atoms with Gasteiger partial charge in [-0.25, -0.2) is 4.39 Å². The van der Waals surface area contributed by atoms with Crippen LogP contribution >= 0.6 is 0 Å². The lowest BCUT2D eigenvalue weighted by atomic mass is 10.1. The predicted molar refractivity (Wildman–Crippen MR) is 72.4 cm³/mol. The number of hydrogen-bond donors (Lipinski definition) is 1. The Kier molecular flexibility index (Phi) is 5.57. The van der Waals surface area contributed by atoms with Crippen LogP contribution in [0, 0.1) is 5.82 Å². The number of nitrogens with one attached hydrogen (secondary N) is 1. The van der Waals surface area contributed by atoms with E-state index in [0.717, 1.165) is 6.07 Å². The Balaban J connectivity index is 2.94. The molecule has 3 nitrogen and oxygen atoms in total. The highest BCUT2D eigenvalue weighted by Gasteiger charge is 2.31. The molecule has 0 spiro atoms. The highest BCUT2D eigenvalue weighted by molar-refractivity contribution is 5.84. The smallest absolute Gasteiger partial charge is 0.372 e. The van der Waals surface area contributed by atoms with Gasteiger partial charge < -0.3 is 10.2 Å². The molecule has 1 aromatic rings. The molecule has 0 fully saturated rings. The van der Waals surface area contributed by atoms with E-state index in [4.69, 9.17) is 0 Å². The topological polar surface area (TPSA) is 32.3 Å². The molecule has 7 heteroatoms. The number of rotatable bonds is 5. The minimum absolute atomic E-state index is 0.295. The predicted octanol–water partition coefficient (Wildman–Crippen LogP) is 3.51. The largest absolute Gasteiger partial charge is 0.416 e. The molecular formula is C14H18F4N2O. The first-order chi connectivity index (χ1) is 9.70. The third kappa shape index (κ3) is 4.34. The Labute approximate surface area is 120 Å². The first kappa shape index (κ1) is 17.3. The Morgan fingerprint density at radius 3 is 2.33 bits per heavy atom. The number of benzene rings is 1. The number of carbonyl (C=O) groups excluding carboxylic acids is 1. The molecule has 118 valence electrons. The Morgan fingerprint density at radius 2 is 1.86 bits per heavy atom. The van der Waals surface area contributed by atoms with E-state index in [-0.39, 0.29) is 11.6 Å². The number of amides is 1. The highest BCUT2D eigenvalue weighted by atomic mass is 19.4. The fourth-order valence-electron chi connectivity index (χ4n) is 1.92. The second-order valence-electron chi connectivity index (χ2n) is 4.57. The van der Waals surface area contributed by atoms with Crippen LogP contribution < -0.4 is 5.32 Å². The van der Waals surface area contributed by atoms with Crippen molar-refractivity contribution >= 4 is 11.6 Å². The maximum atomic E-state index is 13.6. The molecule has 0 saturated carbocycles. The lowest BCUT2D eigenvalue weighted by molar-refractivity contribution is -0.137. The van der Waals surface area contributed by atoms with Crippen molar-refractivity contribution in [3.63, 3.8) is 0 Å². The van der Waals surface area contributed by atoms with E-state index in [1.807, 2.05) is 0 Å². The van der Waals surface area contributed by atoms with Gasteiger partial charge in [-0.1, -0.05) is 0 Å². The van der Waals surface area contributed by atoms with Crippen molar-refractivity contribution < 1.29 is 22.4 Å². The Morgan fingerprint density at radius 1 is 1.29 bits per heavy atom. The summed E-state index contributed by atoms with van der Waals surface area (Å²) < 4.78 is 51.4. The number of hydrogen-bond acceptors (Lipinski definition) is 2. The maximum Gasteiger partial charge on any atom is 0.416 e. The third-order valence-corrected chi connectivity index (χ3v) is 3.11. The highest BCUT2D eigenvalue weighted by Crippen LogP contribution is 2.32. The Bertz CT molecular complexity index is 498. The minimum Gasteiger partial charge on any atom is -0.372 e. The number of alkyl halides is 3. The van der Waals surface area contributed by atoms with Gasteiger partial charge in [-0.3, -0.25) is 4.79 Å². The molecule has 1 rings (SSSR count). The van der Waals surface area contributed by atoms with E-state index in [0.29, 0.717) is 25.2 Å². The molecule has 1 unspecified atom stereocenters. The van der Waals surface area contributed by atoms with Crippen LogP contribution in [0.25, 0.3) is 0 Å². The molecule has 0 aliphatic carbocycles. The zero-order valence-corrected chi connectivity index (χ0v) is 12.1. The summed E-state index contributed by atoms with van der Waals surface area (Å²) >= 11 is 0. The summed E-state index contributed by atoms with van der Waals surface area (Å²) in [4.78, 5) is 13.5. The van der Waals surface area contributed by atoms with Crippen LogP contribution in [0.3, 0.4) is 0 Å². The van der Waals surface area contributed by atoms with E-state index in [9.17, 15) is 22.4 Å². The van der Waals surface area contributed by atoms with Crippen LogP contribution in [0.2, 0.25) is 0 Å². The van der Waals surface area contributed by atoms with Crippen molar-refractivity contribution in [2.24, 2.45) is 0 Å². The van der Waals surface area contributed by atoms with Gasteiger partial charge in [-0.15, -0.1) is 0 Å². The van der Waals surface area contributed by atoms with Crippen molar-refractivity contribution in [1.82, 2.24) is 4.90 Å². The molecule has 1 N–H and O–H groups in total. The van der Waals surface area contributed by atoms with E-state index in [1.165, 1.54) is 11.8 Å².